The van der Waals surface area contributed by atoms with E-state index in [4.69, 9.17) is 11.6 Å². The van der Waals surface area contributed by atoms with Gasteiger partial charge in [0.05, 0.1) is 26.1 Å². The van der Waals surface area contributed by atoms with Crippen molar-refractivity contribution in [2.24, 2.45) is 0 Å². The Labute approximate surface area is 223 Å². The molecule has 0 spiro atoms. The van der Waals surface area contributed by atoms with E-state index in [0.717, 1.165) is 47.4 Å². The largest absolute Gasteiger partial charge is 0.484 e. The van der Waals surface area contributed by atoms with Crippen LogP contribution in [0.1, 0.15) is 30.4 Å². The van der Waals surface area contributed by atoms with E-state index in [2.05, 4.69) is 4.74 Å². The molecule has 2 aromatic carbocycles. The van der Waals surface area contributed by atoms with Crippen LogP contribution in [0.25, 0.3) is 0 Å². The summed E-state index contributed by atoms with van der Waals surface area (Å²) >= 11 is 6.03. The maximum Gasteiger partial charge on any atom is 0.422 e. The monoisotopic (exact) mass is 599 g/mol. The number of rotatable bonds is 7. The molecule has 15 heteroatoms. The molecule has 0 bridgehead atoms. The Morgan fingerprint density at radius 1 is 1.05 bits per heavy atom. The zero-order valence-corrected chi connectivity index (χ0v) is 21.3. The first kappa shape index (κ1) is 29.0. The summed E-state index contributed by atoms with van der Waals surface area (Å²) in [5, 5.41) is 7.88. The number of carboxylic acids is 1. The molecule has 212 valence electrons. The number of hydrogen-bond donors (Lipinski definition) is 1. The third-order valence-electron chi connectivity index (χ3n) is 6.78. The molecule has 1 heterocycles. The van der Waals surface area contributed by atoms with Crippen molar-refractivity contribution in [2.45, 2.75) is 53.2 Å². The summed E-state index contributed by atoms with van der Waals surface area (Å²) in [5.41, 5.74) is -1.93. The van der Waals surface area contributed by atoms with Crippen LogP contribution in [-0.2, 0) is 31.0 Å². The van der Waals surface area contributed by atoms with Crippen molar-refractivity contribution in [3.63, 3.8) is 0 Å². The summed E-state index contributed by atoms with van der Waals surface area (Å²) in [7, 11) is -4.37. The standard InChI is InChI=1S/C24H20ClF6NO6S/c25-17-9-15(38-12-23(26,27)28)5-6-19(17)39(36,37)16-10-18(20(33)34)32(11-16)21(35)22(7-8-22)13-1-3-14(4-2-13)24(29,30)31/h1-6,9,16,18H,7-8,10-12H2,(H,33,34)/t16-,18+/m1/s1. The number of alkyl halides is 6. The number of carbonyl (C=O) groups excluding carboxylic acids is 1. The fourth-order valence-corrected chi connectivity index (χ4v) is 6.86. The number of nitrogens with zero attached hydrogens (tertiary/aromatic N) is 1. The second kappa shape index (κ2) is 9.88. The Kier molecular flexibility index (Phi) is 7.34. The van der Waals surface area contributed by atoms with Gasteiger partial charge < -0.3 is 14.7 Å². The fourth-order valence-electron chi connectivity index (χ4n) is 4.63. The molecule has 0 radical (unpaired) electrons. The minimum atomic E-state index is -4.64. The second-order valence-corrected chi connectivity index (χ2v) is 12.0. The summed E-state index contributed by atoms with van der Waals surface area (Å²) in [6.45, 7) is -2.15. The van der Waals surface area contributed by atoms with Gasteiger partial charge in [-0.05, 0) is 49.1 Å². The van der Waals surface area contributed by atoms with Crippen molar-refractivity contribution in [3.05, 3.63) is 58.6 Å². The molecule has 2 fully saturated rings. The highest BCUT2D eigenvalue weighted by atomic mass is 35.5. The van der Waals surface area contributed by atoms with E-state index in [1.54, 1.807) is 0 Å². The van der Waals surface area contributed by atoms with Crippen molar-refractivity contribution in [3.8, 4) is 5.75 Å². The van der Waals surface area contributed by atoms with E-state index in [1.165, 1.54) is 0 Å². The molecule has 4 rings (SSSR count). The molecular weight excluding hydrogens is 580 g/mol. The van der Waals surface area contributed by atoms with Gasteiger partial charge in [-0.25, -0.2) is 13.2 Å². The van der Waals surface area contributed by atoms with E-state index in [-0.39, 0.29) is 24.2 Å². The number of halogens is 7. The Morgan fingerprint density at radius 3 is 2.15 bits per heavy atom. The molecule has 1 aliphatic heterocycles. The van der Waals surface area contributed by atoms with Gasteiger partial charge in [-0.2, -0.15) is 26.3 Å². The third-order valence-corrected chi connectivity index (χ3v) is 9.40. The zero-order valence-electron chi connectivity index (χ0n) is 19.7. The van der Waals surface area contributed by atoms with Gasteiger partial charge in [-0.1, -0.05) is 23.7 Å². The molecule has 2 aliphatic rings. The summed E-state index contributed by atoms with van der Waals surface area (Å²) in [5.74, 6) is -2.52. The van der Waals surface area contributed by atoms with Crippen LogP contribution < -0.4 is 4.74 Å². The quantitative estimate of drug-likeness (QED) is 0.456. The highest BCUT2D eigenvalue weighted by molar-refractivity contribution is 7.92. The highest BCUT2D eigenvalue weighted by Crippen LogP contribution is 2.51. The molecule has 1 N–H and O–H groups in total. The number of benzene rings is 2. The van der Waals surface area contributed by atoms with Crippen molar-refractivity contribution < 1.29 is 54.2 Å². The Bertz CT molecular complexity index is 1390. The van der Waals surface area contributed by atoms with Gasteiger partial charge in [-0.3, -0.25) is 4.79 Å². The molecule has 39 heavy (non-hydrogen) atoms. The molecule has 2 atom stereocenters. The van der Waals surface area contributed by atoms with Crippen LogP contribution in [0.4, 0.5) is 26.3 Å². The maximum atomic E-state index is 13.5. The van der Waals surface area contributed by atoms with E-state index < -0.39 is 85.8 Å². The molecule has 7 nitrogen and oxygen atoms in total. The summed E-state index contributed by atoms with van der Waals surface area (Å²) in [6.07, 6.45) is -9.24. The number of amides is 1. The van der Waals surface area contributed by atoms with Crippen LogP contribution in [0.5, 0.6) is 5.75 Å². The topological polar surface area (TPSA) is 101 Å². The minimum absolute atomic E-state index is 0.239. The molecule has 1 aliphatic carbocycles. The van der Waals surface area contributed by atoms with Gasteiger partial charge >= 0.3 is 18.3 Å². The Morgan fingerprint density at radius 2 is 1.67 bits per heavy atom. The van der Waals surface area contributed by atoms with E-state index >= 15 is 0 Å². The van der Waals surface area contributed by atoms with E-state index in [1.807, 2.05) is 0 Å². The average Bonchev–Trinajstić information content (AvgIpc) is 3.51. The Hall–Kier alpha value is -3.00. The fraction of sp³-hybridized carbons (Fsp3) is 0.417. The first-order valence-corrected chi connectivity index (χ1v) is 13.3. The van der Waals surface area contributed by atoms with Gasteiger partial charge in [0, 0.05) is 12.6 Å². The number of hydrogen-bond acceptors (Lipinski definition) is 5. The predicted molar refractivity (Wildman–Crippen MR) is 124 cm³/mol. The van der Waals surface area contributed by atoms with Gasteiger partial charge in [0.15, 0.2) is 16.4 Å². The molecule has 1 saturated heterocycles. The SMILES string of the molecule is O=C(O)[C@@H]1C[C@@H](S(=O)(=O)c2ccc(OCC(F)(F)F)cc2Cl)CN1C(=O)C1(c2ccc(C(F)(F)F)cc2)CC1. The molecule has 1 saturated carbocycles. The van der Waals surface area contributed by atoms with Gasteiger partial charge in [0.25, 0.3) is 0 Å². The minimum Gasteiger partial charge on any atom is -0.484 e. The smallest absolute Gasteiger partial charge is 0.422 e. The number of carboxylic acid groups (broad SMARTS) is 1. The summed E-state index contributed by atoms with van der Waals surface area (Å²) in [4.78, 5) is 25.9. The number of sulfone groups is 1. The summed E-state index contributed by atoms with van der Waals surface area (Å²) in [6, 6.07) is 5.20. The van der Waals surface area contributed by atoms with Crippen molar-refractivity contribution in [1.29, 1.82) is 0 Å². The number of likely N-dealkylation sites (tertiary alicyclic amines) is 1. The van der Waals surface area contributed by atoms with Gasteiger partial charge in [0.2, 0.25) is 5.91 Å². The lowest BCUT2D eigenvalue weighted by Crippen LogP contribution is -2.46. The van der Waals surface area contributed by atoms with Crippen molar-refractivity contribution in [2.75, 3.05) is 13.2 Å². The van der Waals surface area contributed by atoms with Crippen LogP contribution in [0.3, 0.4) is 0 Å². The first-order valence-electron chi connectivity index (χ1n) is 11.4. The van der Waals surface area contributed by atoms with Gasteiger partial charge in [0.1, 0.15) is 11.8 Å². The molecule has 2 aromatic rings. The van der Waals surface area contributed by atoms with Crippen LogP contribution >= 0.6 is 11.6 Å². The van der Waals surface area contributed by atoms with Crippen LogP contribution in [0.2, 0.25) is 5.02 Å². The molecule has 0 aromatic heterocycles. The van der Waals surface area contributed by atoms with E-state index in [0.29, 0.717) is 0 Å². The van der Waals surface area contributed by atoms with Crippen molar-refractivity contribution in [1.82, 2.24) is 4.90 Å². The average molecular weight is 600 g/mol. The first-order chi connectivity index (χ1) is 18.0. The second-order valence-electron chi connectivity index (χ2n) is 9.37. The van der Waals surface area contributed by atoms with E-state index in [9.17, 15) is 49.5 Å². The third kappa shape index (κ3) is 5.81. The lowest BCUT2D eigenvalue weighted by Gasteiger charge is -2.27. The number of ether oxygens (including phenoxy) is 1. The highest BCUT2D eigenvalue weighted by Gasteiger charge is 2.57. The number of carbonyl (C=O) groups is 2. The Balaban J connectivity index is 1.57. The molecule has 1 amide bonds. The van der Waals surface area contributed by atoms with Crippen LogP contribution in [-0.4, -0.2) is 60.9 Å². The van der Waals surface area contributed by atoms with Crippen LogP contribution in [0, 0.1) is 0 Å². The number of aliphatic carboxylic acids is 1. The zero-order chi connectivity index (χ0) is 29.0. The summed E-state index contributed by atoms with van der Waals surface area (Å²) < 4.78 is 107. The molecular formula is C24H20ClF6NO6S. The lowest BCUT2D eigenvalue weighted by molar-refractivity contribution is -0.153. The maximum absolute atomic E-state index is 13.5. The van der Waals surface area contributed by atoms with Gasteiger partial charge in [-0.15, -0.1) is 0 Å². The normalized spacial score (nSPS) is 21.1. The lowest BCUT2D eigenvalue weighted by atomic mass is 9.93. The molecule has 0 unspecified atom stereocenters. The van der Waals surface area contributed by atoms with Crippen molar-refractivity contribution >= 4 is 33.3 Å². The predicted octanol–water partition coefficient (Wildman–Crippen LogP) is 4.86. The van der Waals surface area contributed by atoms with Crippen LogP contribution in [0.15, 0.2) is 47.4 Å².